The highest BCUT2D eigenvalue weighted by Crippen LogP contribution is 2.55. The molecule has 0 aliphatic heterocycles. The van der Waals surface area contributed by atoms with Crippen molar-refractivity contribution >= 4 is 18.5 Å². The Morgan fingerprint density at radius 2 is 1.19 bits per heavy atom. The summed E-state index contributed by atoms with van der Waals surface area (Å²) in [6.07, 6.45) is 3.93. The van der Waals surface area contributed by atoms with Crippen LogP contribution in [0.5, 0.6) is 0 Å². The van der Waals surface area contributed by atoms with Gasteiger partial charge in [-0.15, -0.1) is 0 Å². The first-order valence-electron chi connectivity index (χ1n) is 9.82. The van der Waals surface area contributed by atoms with Crippen LogP contribution in [0.1, 0.15) is 37.7 Å². The standard InChI is InChI=1S/C25H27P/c1-2-23-24(20-12-6-3-7-13-20)18-19-25(23)26(21-14-8-4-9-15-21)22-16-10-5-11-17-22/h3-17,23-25H,2,18-19H2,1H3. The fourth-order valence-electron chi connectivity index (χ4n) is 4.75. The van der Waals surface area contributed by atoms with E-state index in [1.807, 2.05) is 0 Å². The van der Waals surface area contributed by atoms with Crippen molar-refractivity contribution in [3.63, 3.8) is 0 Å². The van der Waals surface area contributed by atoms with E-state index in [0.717, 1.165) is 11.6 Å². The Balaban J connectivity index is 1.72. The predicted octanol–water partition coefficient (Wildman–Crippen LogP) is 6.09. The van der Waals surface area contributed by atoms with E-state index in [9.17, 15) is 0 Å². The molecule has 0 saturated heterocycles. The second kappa shape index (κ2) is 8.19. The molecule has 4 rings (SSSR count). The lowest BCUT2D eigenvalue weighted by Gasteiger charge is -2.32. The molecule has 0 heterocycles. The van der Waals surface area contributed by atoms with Crippen molar-refractivity contribution in [3.8, 4) is 0 Å². The summed E-state index contributed by atoms with van der Waals surface area (Å²) in [5, 5.41) is 3.07. The van der Waals surface area contributed by atoms with Gasteiger partial charge in [-0.05, 0) is 54.4 Å². The van der Waals surface area contributed by atoms with E-state index in [4.69, 9.17) is 0 Å². The molecule has 132 valence electrons. The summed E-state index contributed by atoms with van der Waals surface area (Å²) in [6, 6.07) is 33.7. The van der Waals surface area contributed by atoms with Gasteiger partial charge in [0.25, 0.3) is 0 Å². The molecule has 0 bridgehead atoms. The van der Waals surface area contributed by atoms with E-state index in [1.165, 1.54) is 35.4 Å². The van der Waals surface area contributed by atoms with Crippen LogP contribution in [0, 0.1) is 5.92 Å². The van der Waals surface area contributed by atoms with Gasteiger partial charge in [0.15, 0.2) is 0 Å². The Hall–Kier alpha value is -1.91. The second-order valence-corrected chi connectivity index (χ2v) is 9.71. The molecule has 1 saturated carbocycles. The Morgan fingerprint density at radius 3 is 1.69 bits per heavy atom. The van der Waals surface area contributed by atoms with Crippen LogP contribution < -0.4 is 10.6 Å². The van der Waals surface area contributed by atoms with Crippen molar-refractivity contribution in [1.29, 1.82) is 0 Å². The number of hydrogen-bond acceptors (Lipinski definition) is 0. The van der Waals surface area contributed by atoms with Crippen molar-refractivity contribution < 1.29 is 0 Å². The molecule has 0 amide bonds. The first-order valence-corrected chi connectivity index (χ1v) is 11.2. The smallest absolute Gasteiger partial charge is 0.00945 e. The highest BCUT2D eigenvalue weighted by Gasteiger charge is 2.40. The third-order valence-electron chi connectivity index (χ3n) is 5.88. The third kappa shape index (κ3) is 3.49. The fraction of sp³-hybridized carbons (Fsp3) is 0.280. The Labute approximate surface area is 159 Å². The monoisotopic (exact) mass is 358 g/mol. The minimum atomic E-state index is -0.314. The summed E-state index contributed by atoms with van der Waals surface area (Å²) in [5.74, 6) is 1.48. The predicted molar refractivity (Wildman–Crippen MR) is 115 cm³/mol. The van der Waals surface area contributed by atoms with Gasteiger partial charge < -0.3 is 0 Å². The van der Waals surface area contributed by atoms with Gasteiger partial charge in [-0.3, -0.25) is 0 Å². The summed E-state index contributed by atoms with van der Waals surface area (Å²) in [5.41, 5.74) is 2.31. The normalized spacial score (nSPS) is 22.6. The lowest BCUT2D eigenvalue weighted by molar-refractivity contribution is 0.476. The summed E-state index contributed by atoms with van der Waals surface area (Å²) in [7, 11) is -0.314. The first-order chi connectivity index (χ1) is 12.9. The molecule has 0 nitrogen and oxygen atoms in total. The van der Waals surface area contributed by atoms with Gasteiger partial charge >= 0.3 is 0 Å². The van der Waals surface area contributed by atoms with Crippen molar-refractivity contribution in [2.24, 2.45) is 5.92 Å². The average Bonchev–Trinajstić information content (AvgIpc) is 3.14. The Morgan fingerprint density at radius 1 is 0.692 bits per heavy atom. The van der Waals surface area contributed by atoms with Crippen LogP contribution in [0.25, 0.3) is 0 Å². The highest BCUT2D eigenvalue weighted by molar-refractivity contribution is 7.73. The molecule has 1 aliphatic rings. The largest absolute Gasteiger partial charge is 0.0651 e. The van der Waals surface area contributed by atoms with E-state index < -0.39 is 0 Å². The molecule has 1 aliphatic carbocycles. The van der Waals surface area contributed by atoms with E-state index in [1.54, 1.807) is 0 Å². The summed E-state index contributed by atoms with van der Waals surface area (Å²) >= 11 is 0. The third-order valence-corrected chi connectivity index (χ3v) is 8.90. The van der Waals surface area contributed by atoms with Gasteiger partial charge in [-0.1, -0.05) is 104 Å². The zero-order valence-electron chi connectivity index (χ0n) is 15.5. The number of benzene rings is 3. The maximum Gasteiger partial charge on any atom is -0.00945 e. The quantitative estimate of drug-likeness (QED) is 0.484. The fourth-order valence-corrected chi connectivity index (χ4v) is 8.01. The van der Waals surface area contributed by atoms with Crippen molar-refractivity contribution in [2.75, 3.05) is 0 Å². The number of hydrogen-bond donors (Lipinski definition) is 0. The topological polar surface area (TPSA) is 0 Å². The zero-order chi connectivity index (χ0) is 17.8. The molecule has 0 N–H and O–H groups in total. The van der Waals surface area contributed by atoms with E-state index >= 15 is 0 Å². The van der Waals surface area contributed by atoms with E-state index in [-0.39, 0.29) is 7.92 Å². The summed E-state index contributed by atoms with van der Waals surface area (Å²) < 4.78 is 0. The van der Waals surface area contributed by atoms with Crippen LogP contribution >= 0.6 is 7.92 Å². The molecular weight excluding hydrogens is 331 g/mol. The minimum absolute atomic E-state index is 0.314. The van der Waals surface area contributed by atoms with Gasteiger partial charge in [0, 0.05) is 0 Å². The van der Waals surface area contributed by atoms with Crippen molar-refractivity contribution in [3.05, 3.63) is 96.6 Å². The van der Waals surface area contributed by atoms with Crippen LogP contribution in [0.4, 0.5) is 0 Å². The molecule has 3 atom stereocenters. The Kier molecular flexibility index (Phi) is 5.51. The molecule has 3 unspecified atom stereocenters. The van der Waals surface area contributed by atoms with Gasteiger partial charge in [0.05, 0.1) is 0 Å². The molecule has 26 heavy (non-hydrogen) atoms. The van der Waals surface area contributed by atoms with Crippen molar-refractivity contribution in [1.82, 2.24) is 0 Å². The Bertz CT molecular complexity index is 758. The van der Waals surface area contributed by atoms with Crippen LogP contribution in [-0.4, -0.2) is 5.66 Å². The molecule has 1 fully saturated rings. The minimum Gasteiger partial charge on any atom is -0.0651 e. The summed E-state index contributed by atoms with van der Waals surface area (Å²) in [6.45, 7) is 2.39. The van der Waals surface area contributed by atoms with Gasteiger partial charge in [-0.25, -0.2) is 0 Å². The molecular formula is C25H27P. The van der Waals surface area contributed by atoms with Gasteiger partial charge in [0.1, 0.15) is 0 Å². The molecule has 3 aromatic carbocycles. The van der Waals surface area contributed by atoms with Crippen molar-refractivity contribution in [2.45, 2.75) is 37.8 Å². The van der Waals surface area contributed by atoms with Crippen LogP contribution in [0.15, 0.2) is 91.0 Å². The van der Waals surface area contributed by atoms with Crippen LogP contribution in [0.3, 0.4) is 0 Å². The molecule has 0 spiro atoms. The lowest BCUT2D eigenvalue weighted by atomic mass is 9.87. The van der Waals surface area contributed by atoms with Crippen LogP contribution in [-0.2, 0) is 0 Å². The SMILES string of the molecule is CCC1C(c2ccccc2)CCC1P(c1ccccc1)c1ccccc1. The molecule has 0 aromatic heterocycles. The maximum absolute atomic E-state index is 2.39. The van der Waals surface area contributed by atoms with E-state index in [2.05, 4.69) is 97.9 Å². The zero-order valence-corrected chi connectivity index (χ0v) is 16.4. The molecule has 3 aromatic rings. The molecule has 0 radical (unpaired) electrons. The highest BCUT2D eigenvalue weighted by atomic mass is 31.1. The van der Waals surface area contributed by atoms with Crippen LogP contribution in [0.2, 0.25) is 0 Å². The average molecular weight is 358 g/mol. The number of rotatable bonds is 5. The second-order valence-electron chi connectivity index (χ2n) is 7.28. The first kappa shape index (κ1) is 17.5. The van der Waals surface area contributed by atoms with Gasteiger partial charge in [-0.2, -0.15) is 0 Å². The maximum atomic E-state index is 2.39. The molecule has 1 heteroatoms. The lowest BCUT2D eigenvalue weighted by Crippen LogP contribution is -2.26. The summed E-state index contributed by atoms with van der Waals surface area (Å²) in [4.78, 5) is 0. The van der Waals surface area contributed by atoms with Gasteiger partial charge in [0.2, 0.25) is 0 Å². The van der Waals surface area contributed by atoms with E-state index in [0.29, 0.717) is 5.92 Å².